The molecular formula is C14H18N2O5. The van der Waals surface area contributed by atoms with Crippen molar-refractivity contribution in [2.75, 3.05) is 19.0 Å². The average Bonchev–Trinajstić information content (AvgIpc) is 2.91. The molecule has 0 radical (unpaired) electrons. The maximum absolute atomic E-state index is 11.5. The highest BCUT2D eigenvalue weighted by atomic mass is 16.6. The van der Waals surface area contributed by atoms with Crippen molar-refractivity contribution in [3.05, 3.63) is 33.9 Å². The van der Waals surface area contributed by atoms with Crippen LogP contribution in [0.4, 0.5) is 11.4 Å². The van der Waals surface area contributed by atoms with Crippen LogP contribution in [-0.2, 0) is 4.74 Å². The third kappa shape index (κ3) is 3.49. The van der Waals surface area contributed by atoms with Crippen molar-refractivity contribution in [1.29, 1.82) is 0 Å². The van der Waals surface area contributed by atoms with E-state index in [-0.39, 0.29) is 23.5 Å². The van der Waals surface area contributed by atoms with Gasteiger partial charge in [-0.15, -0.1) is 0 Å². The Hall–Kier alpha value is -2.15. The molecule has 21 heavy (non-hydrogen) atoms. The largest absolute Gasteiger partial charge is 0.465 e. The minimum atomic E-state index is -0.838. The molecule has 0 unspecified atom stereocenters. The second-order valence-corrected chi connectivity index (χ2v) is 5.27. The fourth-order valence-corrected chi connectivity index (χ4v) is 2.55. The number of carbonyl (C=O) groups excluding carboxylic acids is 1. The second-order valence-electron chi connectivity index (χ2n) is 5.27. The van der Waals surface area contributed by atoms with Crippen LogP contribution in [0.1, 0.15) is 36.0 Å². The molecule has 0 spiro atoms. The summed E-state index contributed by atoms with van der Waals surface area (Å²) in [6, 6.07) is 3.98. The summed E-state index contributed by atoms with van der Waals surface area (Å²) in [4.78, 5) is 22.0. The summed E-state index contributed by atoms with van der Waals surface area (Å²) in [7, 11) is 1.25. The van der Waals surface area contributed by atoms with E-state index in [4.69, 9.17) is 0 Å². The molecule has 0 saturated heterocycles. The Morgan fingerprint density at radius 3 is 2.71 bits per heavy atom. The summed E-state index contributed by atoms with van der Waals surface area (Å²) in [6.07, 6.45) is 3.24. The number of carbonyl (C=O) groups is 1. The first kappa shape index (κ1) is 15.2. The number of hydrogen-bond acceptors (Lipinski definition) is 6. The standard InChI is InChI=1S/C14H18N2O5/c1-21-13(17)10-4-5-12(16(19)20)11(8-10)15-9-14(18)6-2-3-7-14/h4-5,8,15,18H,2-3,6-7,9H2,1H3. The molecule has 1 aliphatic carbocycles. The van der Waals surface area contributed by atoms with Gasteiger partial charge in [0.15, 0.2) is 0 Å². The van der Waals surface area contributed by atoms with Gasteiger partial charge in [-0.05, 0) is 25.0 Å². The summed E-state index contributed by atoms with van der Waals surface area (Å²) < 4.78 is 4.60. The molecule has 114 valence electrons. The number of anilines is 1. The number of nitrogens with one attached hydrogen (secondary N) is 1. The van der Waals surface area contributed by atoms with E-state index in [9.17, 15) is 20.0 Å². The maximum atomic E-state index is 11.5. The zero-order valence-corrected chi connectivity index (χ0v) is 11.8. The Bertz CT molecular complexity index is 552. The molecule has 1 saturated carbocycles. The molecule has 1 fully saturated rings. The normalized spacial score (nSPS) is 16.5. The first-order valence-electron chi connectivity index (χ1n) is 6.78. The lowest BCUT2D eigenvalue weighted by atomic mass is 10.0. The van der Waals surface area contributed by atoms with E-state index in [0.717, 1.165) is 12.8 Å². The number of aliphatic hydroxyl groups is 1. The molecule has 1 aromatic carbocycles. The summed E-state index contributed by atoms with van der Waals surface area (Å²) in [5, 5.41) is 24.2. The second kappa shape index (κ2) is 6.09. The van der Waals surface area contributed by atoms with Gasteiger partial charge in [0.25, 0.3) is 5.69 Å². The first-order valence-corrected chi connectivity index (χ1v) is 6.78. The number of ether oxygens (including phenoxy) is 1. The van der Waals surface area contributed by atoms with E-state index in [1.54, 1.807) is 0 Å². The van der Waals surface area contributed by atoms with Crippen LogP contribution >= 0.6 is 0 Å². The number of nitro groups is 1. The third-order valence-corrected chi connectivity index (χ3v) is 3.76. The predicted molar refractivity (Wildman–Crippen MR) is 76.3 cm³/mol. The smallest absolute Gasteiger partial charge is 0.337 e. The molecule has 0 amide bonds. The summed E-state index contributed by atoms with van der Waals surface area (Å²) >= 11 is 0. The van der Waals surface area contributed by atoms with E-state index < -0.39 is 16.5 Å². The van der Waals surface area contributed by atoms with Crippen LogP contribution in [0.25, 0.3) is 0 Å². The van der Waals surface area contributed by atoms with Crippen molar-refractivity contribution in [1.82, 2.24) is 0 Å². The van der Waals surface area contributed by atoms with Crippen LogP contribution in [0.15, 0.2) is 18.2 Å². The van der Waals surface area contributed by atoms with Gasteiger partial charge in [0.2, 0.25) is 0 Å². The highest BCUT2D eigenvalue weighted by Crippen LogP contribution is 2.31. The van der Waals surface area contributed by atoms with Crippen LogP contribution < -0.4 is 5.32 Å². The molecule has 0 heterocycles. The van der Waals surface area contributed by atoms with Crippen molar-refractivity contribution in [2.24, 2.45) is 0 Å². The Kier molecular flexibility index (Phi) is 4.42. The Labute approximate surface area is 122 Å². The van der Waals surface area contributed by atoms with Gasteiger partial charge >= 0.3 is 5.97 Å². The maximum Gasteiger partial charge on any atom is 0.337 e. The number of rotatable bonds is 5. The molecule has 7 nitrogen and oxygen atoms in total. The van der Waals surface area contributed by atoms with Crippen LogP contribution in [-0.4, -0.2) is 35.3 Å². The van der Waals surface area contributed by atoms with Gasteiger partial charge in [-0.1, -0.05) is 12.8 Å². The molecule has 0 aliphatic heterocycles. The van der Waals surface area contributed by atoms with Crippen LogP contribution in [0, 0.1) is 10.1 Å². The van der Waals surface area contributed by atoms with Gasteiger partial charge in [-0.3, -0.25) is 10.1 Å². The first-order chi connectivity index (χ1) is 9.95. The molecule has 0 bridgehead atoms. The highest BCUT2D eigenvalue weighted by molar-refractivity contribution is 5.91. The van der Waals surface area contributed by atoms with Crippen LogP contribution in [0.3, 0.4) is 0 Å². The predicted octanol–water partition coefficient (Wildman–Crippen LogP) is 2.10. The number of nitro benzene ring substituents is 1. The van der Waals surface area contributed by atoms with E-state index >= 15 is 0 Å². The van der Waals surface area contributed by atoms with Crippen LogP contribution in [0.2, 0.25) is 0 Å². The Balaban J connectivity index is 2.22. The van der Waals surface area contributed by atoms with Crippen molar-refractivity contribution in [3.63, 3.8) is 0 Å². The molecule has 7 heteroatoms. The topological polar surface area (TPSA) is 102 Å². The molecule has 2 N–H and O–H groups in total. The monoisotopic (exact) mass is 294 g/mol. The lowest BCUT2D eigenvalue weighted by Gasteiger charge is -2.23. The zero-order chi connectivity index (χ0) is 15.5. The van der Waals surface area contributed by atoms with Gasteiger partial charge in [-0.25, -0.2) is 4.79 Å². The summed E-state index contributed by atoms with van der Waals surface area (Å²) in [5.74, 6) is -0.562. The molecule has 1 aliphatic rings. The minimum absolute atomic E-state index is 0.135. The number of nitrogens with zero attached hydrogens (tertiary/aromatic N) is 1. The van der Waals surface area contributed by atoms with Crippen LogP contribution in [0.5, 0.6) is 0 Å². The quantitative estimate of drug-likeness (QED) is 0.490. The molecule has 0 aromatic heterocycles. The van der Waals surface area contributed by atoms with Crippen molar-refractivity contribution >= 4 is 17.3 Å². The molecule has 2 rings (SSSR count). The lowest BCUT2D eigenvalue weighted by molar-refractivity contribution is -0.384. The third-order valence-electron chi connectivity index (χ3n) is 3.76. The lowest BCUT2D eigenvalue weighted by Crippen LogP contribution is -2.33. The zero-order valence-electron chi connectivity index (χ0n) is 11.8. The molecule has 0 atom stereocenters. The minimum Gasteiger partial charge on any atom is -0.465 e. The number of esters is 1. The summed E-state index contributed by atoms with van der Waals surface area (Å²) in [6.45, 7) is 0.221. The number of hydrogen-bond donors (Lipinski definition) is 2. The fraction of sp³-hybridized carbons (Fsp3) is 0.500. The van der Waals surface area contributed by atoms with E-state index in [2.05, 4.69) is 10.1 Å². The molecule has 1 aromatic rings. The number of methoxy groups -OCH3 is 1. The van der Waals surface area contributed by atoms with Gasteiger partial charge in [0.1, 0.15) is 5.69 Å². The van der Waals surface area contributed by atoms with Crippen molar-refractivity contribution < 1.29 is 19.6 Å². The molecular weight excluding hydrogens is 276 g/mol. The van der Waals surface area contributed by atoms with Gasteiger partial charge < -0.3 is 15.2 Å². The number of benzene rings is 1. The SMILES string of the molecule is COC(=O)c1ccc([N+](=O)[O-])c(NCC2(O)CCCC2)c1. The van der Waals surface area contributed by atoms with Gasteiger partial charge in [0, 0.05) is 12.6 Å². The van der Waals surface area contributed by atoms with E-state index in [1.165, 1.54) is 25.3 Å². The average molecular weight is 294 g/mol. The van der Waals surface area contributed by atoms with Gasteiger partial charge in [0.05, 0.1) is 23.2 Å². The van der Waals surface area contributed by atoms with Crippen molar-refractivity contribution in [3.8, 4) is 0 Å². The van der Waals surface area contributed by atoms with Crippen molar-refractivity contribution in [2.45, 2.75) is 31.3 Å². The summed E-state index contributed by atoms with van der Waals surface area (Å²) in [5.41, 5.74) is -0.536. The Morgan fingerprint density at radius 2 is 2.14 bits per heavy atom. The van der Waals surface area contributed by atoms with E-state index in [0.29, 0.717) is 12.8 Å². The van der Waals surface area contributed by atoms with E-state index in [1.807, 2.05) is 0 Å². The fourth-order valence-electron chi connectivity index (χ4n) is 2.55. The van der Waals surface area contributed by atoms with Gasteiger partial charge in [-0.2, -0.15) is 0 Å². The Morgan fingerprint density at radius 1 is 1.48 bits per heavy atom. The highest BCUT2D eigenvalue weighted by Gasteiger charge is 2.31.